The summed E-state index contributed by atoms with van der Waals surface area (Å²) in [5, 5.41) is 3.91. The third-order valence-corrected chi connectivity index (χ3v) is 8.32. The van der Waals surface area contributed by atoms with Crippen molar-refractivity contribution in [1.82, 2.24) is 29.7 Å². The summed E-state index contributed by atoms with van der Waals surface area (Å²) in [7, 11) is 0. The van der Waals surface area contributed by atoms with E-state index in [2.05, 4.69) is 41.1 Å². The summed E-state index contributed by atoms with van der Waals surface area (Å²) in [5.41, 5.74) is 4.56. The van der Waals surface area contributed by atoms with Gasteiger partial charge in [-0.3, -0.25) is 29.2 Å². The van der Waals surface area contributed by atoms with E-state index in [1.54, 1.807) is 18.6 Å². The number of fused-ring (bicyclic) bond motifs is 1. The number of anilines is 2. The number of nitrogens with zero attached hydrogens (tertiary/aromatic N) is 6. The average molecular weight is 593 g/mol. The van der Waals surface area contributed by atoms with Crippen LogP contribution in [-0.4, -0.2) is 92.9 Å². The largest absolute Gasteiger partial charge is 0.378 e. The summed E-state index contributed by atoms with van der Waals surface area (Å²) in [5.74, 6) is 0.109. The first-order valence-corrected chi connectivity index (χ1v) is 14.8. The van der Waals surface area contributed by atoms with E-state index in [-0.39, 0.29) is 23.8 Å². The van der Waals surface area contributed by atoms with Crippen molar-refractivity contribution in [1.29, 1.82) is 0 Å². The molecule has 1 atom stereocenters. The second-order valence-corrected chi connectivity index (χ2v) is 11.2. The van der Waals surface area contributed by atoms with Crippen LogP contribution in [0, 0.1) is 0 Å². The normalized spacial score (nSPS) is 19.2. The van der Waals surface area contributed by atoms with Gasteiger partial charge in [0.15, 0.2) is 0 Å². The zero-order chi connectivity index (χ0) is 30.0. The molecule has 0 spiro atoms. The lowest BCUT2D eigenvalue weighted by molar-refractivity contribution is -0.140. The highest BCUT2D eigenvalue weighted by Crippen LogP contribution is 2.30. The number of rotatable bonds is 7. The number of hydrogen-bond acceptors (Lipinski definition) is 9. The Morgan fingerprint density at radius 3 is 2.57 bits per heavy atom. The number of morpholine rings is 1. The van der Waals surface area contributed by atoms with E-state index in [1.165, 1.54) is 17.1 Å². The van der Waals surface area contributed by atoms with Gasteiger partial charge >= 0.3 is 0 Å². The monoisotopic (exact) mass is 592 g/mol. The minimum Gasteiger partial charge on any atom is -0.378 e. The second kappa shape index (κ2) is 12.0. The van der Waals surface area contributed by atoms with E-state index in [4.69, 9.17) is 4.74 Å². The molecule has 0 bridgehead atoms. The van der Waals surface area contributed by atoms with E-state index in [9.17, 15) is 14.4 Å². The molecule has 224 valence electrons. The van der Waals surface area contributed by atoms with Crippen molar-refractivity contribution in [2.24, 2.45) is 0 Å². The number of H-pyrrole nitrogens is 1. The van der Waals surface area contributed by atoms with E-state index in [0.29, 0.717) is 37.7 Å². The number of ether oxygens (including phenoxy) is 1. The highest BCUT2D eigenvalue weighted by atomic mass is 16.5. The zero-order valence-corrected chi connectivity index (χ0v) is 24.1. The minimum atomic E-state index is -0.300. The Balaban J connectivity index is 0.999. The van der Waals surface area contributed by atoms with E-state index < -0.39 is 0 Å². The summed E-state index contributed by atoms with van der Waals surface area (Å²) < 4.78 is 5.49. The molecule has 0 aliphatic carbocycles. The number of imide groups is 1. The Morgan fingerprint density at radius 1 is 0.977 bits per heavy atom. The van der Waals surface area contributed by atoms with E-state index >= 15 is 0 Å². The zero-order valence-electron chi connectivity index (χ0n) is 24.1. The number of likely N-dealkylation sites (tertiary alicyclic amines) is 1. The van der Waals surface area contributed by atoms with Crippen LogP contribution in [0.5, 0.6) is 0 Å². The third kappa shape index (κ3) is 5.69. The van der Waals surface area contributed by atoms with Gasteiger partial charge in [-0.2, -0.15) is 0 Å². The number of amides is 3. The number of pyridine rings is 1. The van der Waals surface area contributed by atoms with Crippen LogP contribution in [0.3, 0.4) is 0 Å². The molecule has 3 aliphatic rings. The molecule has 3 aromatic heterocycles. The summed E-state index contributed by atoms with van der Waals surface area (Å²) in [6, 6.07) is 13.2. The first-order valence-electron chi connectivity index (χ1n) is 14.8. The van der Waals surface area contributed by atoms with Crippen molar-refractivity contribution >= 4 is 40.3 Å². The number of carbonyl (C=O) groups excluding carboxylic acids is 3. The van der Waals surface area contributed by atoms with Gasteiger partial charge in [0.1, 0.15) is 23.5 Å². The standard InChI is InChI=1S/C32H32N8O4/c41-28-7-8-29(42)40(28)24-2-1-11-38(19-24)18-21-9-10-33-27(16-21)32(43)36-23-5-3-22(4-6-23)26-17-25-30(37-26)34-20-35-31(25)39-12-14-44-15-13-39/h3-10,16-17,20,24H,1-2,11-15,18-19H2,(H,36,43)(H,34,35,37). The van der Waals surface area contributed by atoms with Gasteiger partial charge in [0, 0.05) is 55.9 Å². The van der Waals surface area contributed by atoms with Crippen LogP contribution in [0.2, 0.25) is 0 Å². The molecule has 4 aromatic rings. The molecule has 12 nitrogen and oxygen atoms in total. The molecule has 3 aliphatic heterocycles. The highest BCUT2D eigenvalue weighted by Gasteiger charge is 2.34. The van der Waals surface area contributed by atoms with Crippen LogP contribution in [0.1, 0.15) is 28.9 Å². The van der Waals surface area contributed by atoms with Crippen LogP contribution in [0.25, 0.3) is 22.3 Å². The van der Waals surface area contributed by atoms with E-state index in [1.807, 2.05) is 30.3 Å². The molecular formula is C32H32N8O4. The van der Waals surface area contributed by atoms with Crippen molar-refractivity contribution in [2.75, 3.05) is 49.6 Å². The van der Waals surface area contributed by atoms with Gasteiger partial charge in [0.05, 0.1) is 24.6 Å². The summed E-state index contributed by atoms with van der Waals surface area (Å²) >= 11 is 0. The topological polar surface area (TPSA) is 137 Å². The lowest BCUT2D eigenvalue weighted by Crippen LogP contribution is -2.49. The quantitative estimate of drug-likeness (QED) is 0.310. The van der Waals surface area contributed by atoms with Crippen molar-refractivity contribution in [3.8, 4) is 11.3 Å². The summed E-state index contributed by atoms with van der Waals surface area (Å²) in [6.45, 7) is 4.99. The first-order chi connectivity index (χ1) is 21.5. The van der Waals surface area contributed by atoms with Crippen LogP contribution < -0.4 is 10.2 Å². The number of piperidine rings is 1. The smallest absolute Gasteiger partial charge is 0.274 e. The first kappa shape index (κ1) is 27.9. The average Bonchev–Trinajstić information content (AvgIpc) is 3.64. The van der Waals surface area contributed by atoms with Crippen molar-refractivity contribution in [3.05, 3.63) is 78.4 Å². The molecule has 6 heterocycles. The van der Waals surface area contributed by atoms with Gasteiger partial charge in [-0.1, -0.05) is 12.1 Å². The predicted octanol–water partition coefficient (Wildman–Crippen LogP) is 3.00. The van der Waals surface area contributed by atoms with Gasteiger partial charge in [0.2, 0.25) is 0 Å². The fourth-order valence-corrected chi connectivity index (χ4v) is 6.15. The Hall–Kier alpha value is -4.94. The van der Waals surface area contributed by atoms with Crippen molar-refractivity contribution < 1.29 is 19.1 Å². The second-order valence-electron chi connectivity index (χ2n) is 11.2. The minimum absolute atomic E-state index is 0.143. The number of aromatic nitrogens is 4. The Bertz CT molecular complexity index is 1730. The van der Waals surface area contributed by atoms with Gasteiger partial charge in [0.25, 0.3) is 17.7 Å². The number of aromatic amines is 1. The maximum atomic E-state index is 13.1. The molecule has 2 N–H and O–H groups in total. The van der Waals surface area contributed by atoms with Crippen LogP contribution >= 0.6 is 0 Å². The van der Waals surface area contributed by atoms with Crippen LogP contribution in [-0.2, 0) is 20.9 Å². The summed E-state index contributed by atoms with van der Waals surface area (Å²) in [6.07, 6.45) is 7.56. The maximum Gasteiger partial charge on any atom is 0.274 e. The molecule has 3 amide bonds. The molecule has 44 heavy (non-hydrogen) atoms. The molecule has 2 saturated heterocycles. The fourth-order valence-electron chi connectivity index (χ4n) is 6.15. The molecule has 1 unspecified atom stereocenters. The molecule has 0 saturated carbocycles. The third-order valence-electron chi connectivity index (χ3n) is 8.32. The molecule has 12 heteroatoms. The number of nitrogens with one attached hydrogen (secondary N) is 2. The Kier molecular flexibility index (Phi) is 7.59. The molecule has 7 rings (SSSR count). The maximum absolute atomic E-state index is 13.1. The number of hydrogen-bond donors (Lipinski definition) is 2. The Labute approximate surface area is 253 Å². The Morgan fingerprint density at radius 2 is 1.77 bits per heavy atom. The fraction of sp³-hybridized carbons (Fsp3) is 0.312. The summed E-state index contributed by atoms with van der Waals surface area (Å²) in [4.78, 5) is 59.8. The highest BCUT2D eigenvalue weighted by molar-refractivity contribution is 6.13. The van der Waals surface area contributed by atoms with E-state index in [0.717, 1.165) is 66.1 Å². The van der Waals surface area contributed by atoms with Crippen molar-refractivity contribution in [3.63, 3.8) is 0 Å². The van der Waals surface area contributed by atoms with Gasteiger partial charge < -0.3 is 19.9 Å². The van der Waals surface area contributed by atoms with Gasteiger partial charge in [-0.05, 0) is 60.8 Å². The number of benzene rings is 1. The van der Waals surface area contributed by atoms with Crippen LogP contribution in [0.15, 0.2) is 67.1 Å². The van der Waals surface area contributed by atoms with Crippen molar-refractivity contribution in [2.45, 2.75) is 25.4 Å². The SMILES string of the molecule is O=C(Nc1ccc(-c2cc3c(N4CCOCC4)ncnc3[nH]2)cc1)c1cc(CN2CCCC(N3C(=O)C=CC3=O)C2)ccn1. The molecule has 0 radical (unpaired) electrons. The predicted molar refractivity (Wildman–Crippen MR) is 164 cm³/mol. The molecular weight excluding hydrogens is 560 g/mol. The van der Waals surface area contributed by atoms with Gasteiger partial charge in [-0.15, -0.1) is 0 Å². The lowest BCUT2D eigenvalue weighted by Gasteiger charge is -2.36. The molecule has 1 aromatic carbocycles. The number of carbonyl (C=O) groups is 3. The lowest BCUT2D eigenvalue weighted by atomic mass is 10.0. The van der Waals surface area contributed by atoms with Crippen LogP contribution in [0.4, 0.5) is 11.5 Å². The van der Waals surface area contributed by atoms with Gasteiger partial charge in [-0.25, -0.2) is 9.97 Å². The molecule has 2 fully saturated rings.